The van der Waals surface area contributed by atoms with Crippen LogP contribution in [0.4, 0.5) is 0 Å². The molecule has 76 valence electrons. The molecule has 1 rings (SSSR count). The number of rotatable bonds is 1. The summed E-state index contributed by atoms with van der Waals surface area (Å²) >= 11 is 0. The van der Waals surface area contributed by atoms with Gasteiger partial charge in [-0.05, 0) is 25.2 Å². The van der Waals surface area contributed by atoms with E-state index in [0.29, 0.717) is 5.92 Å². The lowest BCUT2D eigenvalue weighted by atomic mass is 9.88. The number of carbonyl (C=O) groups is 1. The van der Waals surface area contributed by atoms with Gasteiger partial charge in [0.15, 0.2) is 0 Å². The van der Waals surface area contributed by atoms with Crippen molar-refractivity contribution in [2.45, 2.75) is 33.2 Å². The van der Waals surface area contributed by atoms with Crippen LogP contribution in [0, 0.1) is 11.8 Å². The van der Waals surface area contributed by atoms with Crippen molar-refractivity contribution in [1.29, 1.82) is 0 Å². The minimum absolute atomic E-state index is 0.0961. The first kappa shape index (κ1) is 10.5. The number of hydrogen-bond acceptors (Lipinski definition) is 2. The molecule has 3 atom stereocenters. The molecule has 1 aliphatic heterocycles. The van der Waals surface area contributed by atoms with Gasteiger partial charge in [0.1, 0.15) is 0 Å². The maximum atomic E-state index is 11.6. The van der Waals surface area contributed by atoms with E-state index in [2.05, 4.69) is 13.8 Å². The molecule has 0 aromatic heterocycles. The van der Waals surface area contributed by atoms with Crippen LogP contribution in [0.2, 0.25) is 0 Å². The zero-order valence-electron chi connectivity index (χ0n) is 8.79. The second-order valence-electron chi connectivity index (χ2n) is 4.32. The van der Waals surface area contributed by atoms with Crippen molar-refractivity contribution in [3.8, 4) is 0 Å². The summed E-state index contributed by atoms with van der Waals surface area (Å²) in [5, 5.41) is 0. The number of carbonyl (C=O) groups excluding carboxylic acids is 1. The molecule has 1 saturated heterocycles. The van der Waals surface area contributed by atoms with Crippen LogP contribution in [-0.2, 0) is 4.79 Å². The summed E-state index contributed by atoms with van der Waals surface area (Å²) in [6, 6.07) is -0.347. The molecule has 0 bridgehead atoms. The summed E-state index contributed by atoms with van der Waals surface area (Å²) in [6.45, 7) is 7.96. The minimum atomic E-state index is -0.347. The van der Waals surface area contributed by atoms with Crippen molar-refractivity contribution in [2.75, 3.05) is 13.1 Å². The van der Waals surface area contributed by atoms with Crippen LogP contribution in [0.5, 0.6) is 0 Å². The maximum Gasteiger partial charge on any atom is 0.239 e. The Bertz CT molecular complexity index is 191. The molecule has 1 heterocycles. The Morgan fingerprint density at radius 3 is 2.54 bits per heavy atom. The van der Waals surface area contributed by atoms with E-state index in [9.17, 15) is 4.79 Å². The quantitative estimate of drug-likeness (QED) is 0.656. The summed E-state index contributed by atoms with van der Waals surface area (Å²) in [6.07, 6.45) is 1.11. The van der Waals surface area contributed by atoms with E-state index in [0.717, 1.165) is 25.4 Å². The third-order valence-electron chi connectivity index (χ3n) is 3.04. The molecule has 0 saturated carbocycles. The van der Waals surface area contributed by atoms with Crippen molar-refractivity contribution >= 4 is 5.91 Å². The van der Waals surface area contributed by atoms with Crippen LogP contribution in [0.1, 0.15) is 27.2 Å². The number of amides is 1. The summed E-state index contributed by atoms with van der Waals surface area (Å²) < 4.78 is 0. The van der Waals surface area contributed by atoms with Gasteiger partial charge in [-0.25, -0.2) is 0 Å². The number of piperidine rings is 1. The summed E-state index contributed by atoms with van der Waals surface area (Å²) in [5.74, 6) is 1.44. The molecular formula is C10H20N2O. The number of hydrogen-bond donors (Lipinski definition) is 1. The van der Waals surface area contributed by atoms with Gasteiger partial charge in [-0.2, -0.15) is 0 Å². The Morgan fingerprint density at radius 2 is 2.08 bits per heavy atom. The van der Waals surface area contributed by atoms with E-state index in [-0.39, 0.29) is 11.9 Å². The van der Waals surface area contributed by atoms with Gasteiger partial charge in [0.05, 0.1) is 6.04 Å². The average molecular weight is 184 g/mol. The standard InChI is InChI=1S/C10H20N2O/c1-7-4-5-12(6-8(7)2)10(13)9(3)11/h7-9H,4-6,11H2,1-3H3/t7?,8?,9-/m1/s1. The molecule has 2 N–H and O–H groups in total. The molecule has 1 aliphatic rings. The predicted molar refractivity (Wildman–Crippen MR) is 53.2 cm³/mol. The molecule has 0 aliphatic carbocycles. The molecule has 0 radical (unpaired) electrons. The molecule has 0 aromatic rings. The SMILES string of the molecule is CC1CCN(C(=O)[C@@H](C)N)CC1C. The van der Waals surface area contributed by atoms with Crippen molar-refractivity contribution in [3.63, 3.8) is 0 Å². The maximum absolute atomic E-state index is 11.6. The van der Waals surface area contributed by atoms with E-state index >= 15 is 0 Å². The van der Waals surface area contributed by atoms with E-state index in [1.54, 1.807) is 6.92 Å². The fourth-order valence-electron chi connectivity index (χ4n) is 1.75. The zero-order chi connectivity index (χ0) is 10.0. The van der Waals surface area contributed by atoms with Crippen LogP contribution in [0.25, 0.3) is 0 Å². The second-order valence-corrected chi connectivity index (χ2v) is 4.32. The van der Waals surface area contributed by atoms with Gasteiger partial charge in [0.25, 0.3) is 0 Å². The summed E-state index contributed by atoms with van der Waals surface area (Å²) in [4.78, 5) is 13.4. The molecule has 1 fully saturated rings. The van der Waals surface area contributed by atoms with Crippen molar-refractivity contribution < 1.29 is 4.79 Å². The number of likely N-dealkylation sites (tertiary alicyclic amines) is 1. The fraction of sp³-hybridized carbons (Fsp3) is 0.900. The lowest BCUT2D eigenvalue weighted by Crippen LogP contribution is -2.48. The smallest absolute Gasteiger partial charge is 0.239 e. The highest BCUT2D eigenvalue weighted by molar-refractivity contribution is 5.81. The molecule has 3 heteroatoms. The summed E-state index contributed by atoms with van der Waals surface area (Å²) in [7, 11) is 0. The molecule has 1 amide bonds. The average Bonchev–Trinajstić information content (AvgIpc) is 2.08. The Hall–Kier alpha value is -0.570. The fourth-order valence-corrected chi connectivity index (χ4v) is 1.75. The Balaban J connectivity index is 2.50. The predicted octanol–water partition coefficient (Wildman–Crippen LogP) is 0.838. The molecule has 2 unspecified atom stereocenters. The second kappa shape index (κ2) is 4.09. The van der Waals surface area contributed by atoms with Gasteiger partial charge < -0.3 is 10.6 Å². The highest BCUT2D eigenvalue weighted by Gasteiger charge is 2.26. The summed E-state index contributed by atoms with van der Waals surface area (Å²) in [5.41, 5.74) is 5.56. The van der Waals surface area contributed by atoms with Crippen molar-refractivity contribution in [1.82, 2.24) is 4.90 Å². The lowest BCUT2D eigenvalue weighted by Gasteiger charge is -2.36. The molecule has 3 nitrogen and oxygen atoms in total. The van der Waals surface area contributed by atoms with E-state index in [1.807, 2.05) is 4.90 Å². The van der Waals surface area contributed by atoms with Gasteiger partial charge in [-0.1, -0.05) is 13.8 Å². The van der Waals surface area contributed by atoms with Crippen LogP contribution < -0.4 is 5.73 Å². The first-order valence-corrected chi connectivity index (χ1v) is 5.06. The first-order valence-electron chi connectivity index (χ1n) is 5.06. The first-order chi connectivity index (χ1) is 6.02. The number of nitrogens with zero attached hydrogens (tertiary/aromatic N) is 1. The largest absolute Gasteiger partial charge is 0.341 e. The van der Waals surface area contributed by atoms with Gasteiger partial charge in [-0.15, -0.1) is 0 Å². The number of nitrogens with two attached hydrogens (primary N) is 1. The van der Waals surface area contributed by atoms with Gasteiger partial charge in [0.2, 0.25) is 5.91 Å². The van der Waals surface area contributed by atoms with Crippen LogP contribution in [0.15, 0.2) is 0 Å². The molecular weight excluding hydrogens is 164 g/mol. The Morgan fingerprint density at radius 1 is 1.46 bits per heavy atom. The van der Waals surface area contributed by atoms with Crippen LogP contribution in [-0.4, -0.2) is 29.9 Å². The van der Waals surface area contributed by atoms with E-state index < -0.39 is 0 Å². The monoisotopic (exact) mass is 184 g/mol. The lowest BCUT2D eigenvalue weighted by molar-refractivity contribution is -0.134. The highest BCUT2D eigenvalue weighted by atomic mass is 16.2. The minimum Gasteiger partial charge on any atom is -0.341 e. The van der Waals surface area contributed by atoms with Gasteiger partial charge in [-0.3, -0.25) is 4.79 Å². The van der Waals surface area contributed by atoms with E-state index in [1.165, 1.54) is 0 Å². The molecule has 0 aromatic carbocycles. The normalized spacial score (nSPS) is 31.5. The molecule has 0 spiro atoms. The van der Waals surface area contributed by atoms with Gasteiger partial charge in [0, 0.05) is 13.1 Å². The van der Waals surface area contributed by atoms with Crippen LogP contribution >= 0.6 is 0 Å². The Labute approximate surface area is 80.3 Å². The Kier molecular flexibility index (Phi) is 3.31. The van der Waals surface area contributed by atoms with Crippen molar-refractivity contribution in [2.24, 2.45) is 17.6 Å². The topological polar surface area (TPSA) is 46.3 Å². The highest BCUT2D eigenvalue weighted by Crippen LogP contribution is 2.22. The van der Waals surface area contributed by atoms with Crippen molar-refractivity contribution in [3.05, 3.63) is 0 Å². The third kappa shape index (κ3) is 2.44. The molecule has 13 heavy (non-hydrogen) atoms. The van der Waals surface area contributed by atoms with Gasteiger partial charge >= 0.3 is 0 Å². The van der Waals surface area contributed by atoms with Crippen LogP contribution in [0.3, 0.4) is 0 Å². The van der Waals surface area contributed by atoms with E-state index in [4.69, 9.17) is 5.73 Å². The zero-order valence-corrected chi connectivity index (χ0v) is 8.79. The third-order valence-corrected chi connectivity index (χ3v) is 3.04.